The number of hydrogen-bond donors (Lipinski definition) is 3. The van der Waals surface area contributed by atoms with E-state index < -0.39 is 10.0 Å². The van der Waals surface area contributed by atoms with E-state index in [1.807, 2.05) is 0 Å². The largest absolute Gasteiger partial charge is 0.360 e. The number of nitrogen functional groups attached to an aromatic ring is 1. The monoisotopic (exact) mass is 317 g/mol. The van der Waals surface area contributed by atoms with E-state index in [1.54, 1.807) is 13.0 Å². The zero-order chi connectivity index (χ0) is 14.8. The van der Waals surface area contributed by atoms with E-state index in [0.717, 1.165) is 6.20 Å². The number of nitrogens with zero attached hydrogens (tertiary/aromatic N) is 2. The van der Waals surface area contributed by atoms with Crippen molar-refractivity contribution in [2.45, 2.75) is 18.4 Å². The minimum absolute atomic E-state index is 0.0162. The molecule has 0 saturated carbocycles. The number of anilines is 1. The standard InChI is InChI=1S/C10H12ClN5O3S/c1-6-2-7(19-16-6)4-14-20(17,18)8-3-9(11)10(15-12)13-5-8/h2-3,5,14H,4,12H2,1H3,(H,13,15). The van der Waals surface area contributed by atoms with Crippen molar-refractivity contribution in [3.8, 4) is 0 Å². The molecule has 0 amide bonds. The molecular formula is C10H12ClN5O3S. The Bertz CT molecular complexity index is 715. The van der Waals surface area contributed by atoms with Gasteiger partial charge in [0.2, 0.25) is 10.0 Å². The van der Waals surface area contributed by atoms with Crippen molar-refractivity contribution in [1.29, 1.82) is 0 Å². The first kappa shape index (κ1) is 14.7. The summed E-state index contributed by atoms with van der Waals surface area (Å²) in [5, 5.41) is 3.76. The Morgan fingerprint density at radius 2 is 2.20 bits per heavy atom. The van der Waals surface area contributed by atoms with Gasteiger partial charge in [0.05, 0.1) is 17.3 Å². The first-order valence-corrected chi connectivity index (χ1v) is 7.32. The summed E-state index contributed by atoms with van der Waals surface area (Å²) >= 11 is 5.83. The summed E-state index contributed by atoms with van der Waals surface area (Å²) < 4.78 is 31.3. The Hall–Kier alpha value is -1.68. The highest BCUT2D eigenvalue weighted by molar-refractivity contribution is 7.89. The molecule has 0 atom stereocenters. The molecule has 8 nitrogen and oxygen atoms in total. The zero-order valence-electron chi connectivity index (χ0n) is 10.4. The van der Waals surface area contributed by atoms with Crippen LogP contribution < -0.4 is 16.0 Å². The summed E-state index contributed by atoms with van der Waals surface area (Å²) in [6, 6.07) is 2.88. The molecule has 108 valence electrons. The molecule has 0 radical (unpaired) electrons. The molecular weight excluding hydrogens is 306 g/mol. The maximum atomic E-state index is 12.0. The summed E-state index contributed by atoms with van der Waals surface area (Å²) in [5.74, 6) is 5.76. The Labute approximate surface area is 120 Å². The van der Waals surface area contributed by atoms with Crippen molar-refractivity contribution in [2.24, 2.45) is 5.84 Å². The maximum Gasteiger partial charge on any atom is 0.242 e. The van der Waals surface area contributed by atoms with E-state index in [0.29, 0.717) is 11.5 Å². The lowest BCUT2D eigenvalue weighted by molar-refractivity contribution is 0.377. The molecule has 0 saturated heterocycles. The van der Waals surface area contributed by atoms with Crippen molar-refractivity contribution < 1.29 is 12.9 Å². The highest BCUT2D eigenvalue weighted by Crippen LogP contribution is 2.21. The van der Waals surface area contributed by atoms with Gasteiger partial charge < -0.3 is 9.95 Å². The molecule has 0 unspecified atom stereocenters. The molecule has 4 N–H and O–H groups in total. The van der Waals surface area contributed by atoms with Crippen LogP contribution in [0.4, 0.5) is 5.82 Å². The van der Waals surface area contributed by atoms with Crippen molar-refractivity contribution in [1.82, 2.24) is 14.9 Å². The van der Waals surface area contributed by atoms with Gasteiger partial charge in [-0.1, -0.05) is 16.8 Å². The second-order valence-electron chi connectivity index (χ2n) is 3.90. The Morgan fingerprint density at radius 3 is 2.75 bits per heavy atom. The smallest absolute Gasteiger partial charge is 0.242 e. The lowest BCUT2D eigenvalue weighted by atomic mass is 10.4. The van der Waals surface area contributed by atoms with E-state index in [1.165, 1.54) is 6.07 Å². The van der Waals surface area contributed by atoms with E-state index in [4.69, 9.17) is 22.0 Å². The molecule has 2 aromatic heterocycles. The fourth-order valence-corrected chi connectivity index (χ4v) is 2.67. The van der Waals surface area contributed by atoms with Crippen LogP contribution >= 0.6 is 11.6 Å². The van der Waals surface area contributed by atoms with Crippen LogP contribution in [-0.4, -0.2) is 18.6 Å². The number of hydrazine groups is 1. The molecule has 2 heterocycles. The fraction of sp³-hybridized carbons (Fsp3) is 0.200. The van der Waals surface area contributed by atoms with Crippen LogP contribution in [0.3, 0.4) is 0 Å². The number of aryl methyl sites for hydroxylation is 1. The number of aromatic nitrogens is 2. The highest BCUT2D eigenvalue weighted by atomic mass is 35.5. The van der Waals surface area contributed by atoms with Crippen molar-refractivity contribution in [2.75, 3.05) is 5.43 Å². The van der Waals surface area contributed by atoms with Gasteiger partial charge in [0.15, 0.2) is 11.6 Å². The fourth-order valence-electron chi connectivity index (χ4n) is 1.42. The van der Waals surface area contributed by atoms with Crippen LogP contribution in [0.1, 0.15) is 11.5 Å². The molecule has 0 aromatic carbocycles. The van der Waals surface area contributed by atoms with Crippen LogP contribution in [0.25, 0.3) is 0 Å². The van der Waals surface area contributed by atoms with E-state index in [-0.39, 0.29) is 22.3 Å². The second kappa shape index (κ2) is 5.75. The molecule has 0 fully saturated rings. The lowest BCUT2D eigenvalue weighted by Crippen LogP contribution is -2.23. The van der Waals surface area contributed by atoms with Crippen LogP contribution in [0.15, 0.2) is 27.7 Å². The SMILES string of the molecule is Cc1cc(CNS(=O)(=O)c2cnc(NN)c(Cl)c2)on1. The predicted molar refractivity (Wildman–Crippen MR) is 72.3 cm³/mol. The molecule has 2 rings (SSSR count). The minimum Gasteiger partial charge on any atom is -0.360 e. The Balaban J connectivity index is 2.15. The third-order valence-corrected chi connectivity index (χ3v) is 4.03. The summed E-state index contributed by atoms with van der Waals surface area (Å²) in [6.07, 6.45) is 1.15. The van der Waals surface area contributed by atoms with Crippen molar-refractivity contribution >= 4 is 27.4 Å². The third-order valence-electron chi connectivity index (χ3n) is 2.38. The number of halogens is 1. The van der Waals surface area contributed by atoms with Crippen molar-refractivity contribution in [3.05, 3.63) is 34.8 Å². The highest BCUT2D eigenvalue weighted by Gasteiger charge is 2.17. The van der Waals surface area contributed by atoms with Crippen LogP contribution in [0, 0.1) is 6.92 Å². The summed E-state index contributed by atoms with van der Waals surface area (Å²) in [5.41, 5.74) is 2.92. The van der Waals surface area contributed by atoms with Gasteiger partial charge in [-0.2, -0.15) is 0 Å². The number of sulfonamides is 1. The average Bonchev–Trinajstić information content (AvgIpc) is 2.82. The summed E-state index contributed by atoms with van der Waals surface area (Å²) in [6.45, 7) is 1.72. The third kappa shape index (κ3) is 3.25. The summed E-state index contributed by atoms with van der Waals surface area (Å²) in [7, 11) is -3.75. The molecule has 0 aliphatic heterocycles. The molecule has 10 heteroatoms. The van der Waals surface area contributed by atoms with E-state index in [2.05, 4.69) is 20.3 Å². The minimum atomic E-state index is -3.75. The number of nitrogens with one attached hydrogen (secondary N) is 2. The Kier molecular flexibility index (Phi) is 4.23. The van der Waals surface area contributed by atoms with Gasteiger partial charge in [-0.15, -0.1) is 0 Å². The van der Waals surface area contributed by atoms with Crippen LogP contribution in [0.2, 0.25) is 5.02 Å². The molecule has 0 aliphatic rings. The topological polar surface area (TPSA) is 123 Å². The van der Waals surface area contributed by atoms with Gasteiger partial charge in [0.1, 0.15) is 4.90 Å². The van der Waals surface area contributed by atoms with Gasteiger partial charge in [0.25, 0.3) is 0 Å². The zero-order valence-corrected chi connectivity index (χ0v) is 12.0. The van der Waals surface area contributed by atoms with Gasteiger partial charge in [-0.05, 0) is 13.0 Å². The van der Waals surface area contributed by atoms with Gasteiger partial charge in [-0.25, -0.2) is 24.0 Å². The van der Waals surface area contributed by atoms with Crippen LogP contribution in [-0.2, 0) is 16.6 Å². The molecule has 20 heavy (non-hydrogen) atoms. The average molecular weight is 318 g/mol. The predicted octanol–water partition coefficient (Wildman–Crippen LogP) is 0.796. The quantitative estimate of drug-likeness (QED) is 0.550. The number of rotatable bonds is 5. The van der Waals surface area contributed by atoms with Crippen molar-refractivity contribution in [3.63, 3.8) is 0 Å². The van der Waals surface area contributed by atoms with E-state index in [9.17, 15) is 8.42 Å². The Morgan fingerprint density at radius 1 is 1.45 bits per heavy atom. The number of nitrogens with two attached hydrogens (primary N) is 1. The maximum absolute atomic E-state index is 12.0. The molecule has 2 aromatic rings. The van der Waals surface area contributed by atoms with Gasteiger partial charge in [0, 0.05) is 12.3 Å². The van der Waals surface area contributed by atoms with Gasteiger partial charge in [-0.3, -0.25) is 0 Å². The normalized spacial score (nSPS) is 11.6. The second-order valence-corrected chi connectivity index (χ2v) is 6.08. The summed E-state index contributed by atoms with van der Waals surface area (Å²) in [4.78, 5) is 3.73. The number of pyridine rings is 1. The number of hydrogen-bond acceptors (Lipinski definition) is 7. The molecule has 0 spiro atoms. The van der Waals surface area contributed by atoms with E-state index >= 15 is 0 Å². The van der Waals surface area contributed by atoms with Gasteiger partial charge >= 0.3 is 0 Å². The molecule has 0 aliphatic carbocycles. The van der Waals surface area contributed by atoms with Crippen LogP contribution in [0.5, 0.6) is 0 Å². The first-order valence-electron chi connectivity index (χ1n) is 5.46. The first-order chi connectivity index (χ1) is 9.42. The molecule has 0 bridgehead atoms. The lowest BCUT2D eigenvalue weighted by Gasteiger charge is -2.07.